The van der Waals surface area contributed by atoms with Crippen molar-refractivity contribution in [1.82, 2.24) is 15.0 Å². The van der Waals surface area contributed by atoms with Crippen LogP contribution in [0.25, 0.3) is 101 Å². The van der Waals surface area contributed by atoms with Crippen molar-refractivity contribution in [2.45, 2.75) is 0 Å². The van der Waals surface area contributed by atoms with E-state index < -0.39 is 0 Å². The van der Waals surface area contributed by atoms with Crippen molar-refractivity contribution in [3.05, 3.63) is 273 Å². The van der Waals surface area contributed by atoms with E-state index in [0.717, 1.165) is 95.0 Å². The summed E-state index contributed by atoms with van der Waals surface area (Å²) in [5.74, 6) is 0. The van der Waals surface area contributed by atoms with Crippen LogP contribution >= 0.6 is 0 Å². The predicted octanol–water partition coefficient (Wildman–Crippen LogP) is 16.0. The Bertz CT molecular complexity index is 3250. The first-order valence-corrected chi connectivity index (χ1v) is 22.0. The molecule has 0 spiro atoms. The minimum atomic E-state index is 0. The summed E-state index contributed by atoms with van der Waals surface area (Å²) in [6.07, 6.45) is 5.88. The molecule has 0 aliphatic rings. The molecule has 0 saturated carbocycles. The second-order valence-electron chi connectivity index (χ2n) is 15.7. The average molecular weight is 1030 g/mol. The summed E-state index contributed by atoms with van der Waals surface area (Å²) in [6, 6.07) is 91.0. The van der Waals surface area contributed by atoms with Crippen LogP contribution in [-0.2, 0) is 20.1 Å². The maximum atomic E-state index is 4.94. The third-order valence-corrected chi connectivity index (χ3v) is 11.5. The van der Waals surface area contributed by atoms with Crippen LogP contribution in [0.4, 0.5) is 0 Å². The largest absolute Gasteiger partial charge is 3.00 e. The van der Waals surface area contributed by atoms with Crippen LogP contribution in [0.5, 0.6) is 0 Å². The molecule has 0 unspecified atom stereocenters. The molecule has 11 rings (SSSR count). The van der Waals surface area contributed by atoms with Gasteiger partial charge >= 0.3 is 20.1 Å². The third-order valence-electron chi connectivity index (χ3n) is 11.5. The molecule has 3 heterocycles. The Kier molecular flexibility index (Phi) is 14.0. The zero-order chi connectivity index (χ0) is 44.3. The van der Waals surface area contributed by atoms with Crippen LogP contribution < -0.4 is 0 Å². The predicted molar refractivity (Wildman–Crippen MR) is 272 cm³/mol. The van der Waals surface area contributed by atoms with Gasteiger partial charge in [-0.25, -0.2) is 0 Å². The quantitative estimate of drug-likeness (QED) is 0.135. The van der Waals surface area contributed by atoms with Gasteiger partial charge in [-0.05, 0) is 84.3 Å². The van der Waals surface area contributed by atoms with Crippen molar-refractivity contribution in [2.75, 3.05) is 0 Å². The molecule has 0 atom stereocenters. The van der Waals surface area contributed by atoms with Gasteiger partial charge in [0, 0.05) is 24.2 Å². The maximum absolute atomic E-state index is 4.94. The van der Waals surface area contributed by atoms with Gasteiger partial charge in [0.2, 0.25) is 0 Å². The smallest absolute Gasteiger partial charge is 0.304 e. The minimum absolute atomic E-state index is 0. The van der Waals surface area contributed by atoms with E-state index in [-0.39, 0.29) is 20.1 Å². The van der Waals surface area contributed by atoms with Crippen LogP contribution in [-0.4, -0.2) is 15.0 Å². The molecule has 0 aliphatic heterocycles. The first kappa shape index (κ1) is 44.1. The molecular weight excluding hydrogens is 991 g/mol. The van der Waals surface area contributed by atoms with Gasteiger partial charge < -0.3 is 15.0 Å². The van der Waals surface area contributed by atoms with E-state index in [4.69, 9.17) is 9.97 Å². The molecule has 3 nitrogen and oxygen atoms in total. The summed E-state index contributed by atoms with van der Waals surface area (Å²) in [6.45, 7) is 0. The Hall–Kier alpha value is -8.14. The molecule has 0 aliphatic carbocycles. The zero-order valence-electron chi connectivity index (χ0n) is 36.4. The molecule has 11 aromatic rings. The summed E-state index contributed by atoms with van der Waals surface area (Å²) in [5.41, 5.74) is 19.4. The summed E-state index contributed by atoms with van der Waals surface area (Å²) in [5, 5.41) is 0. The van der Waals surface area contributed by atoms with E-state index in [1.54, 1.807) is 0 Å². The summed E-state index contributed by atoms with van der Waals surface area (Å²) < 4.78 is 0. The standard InChI is InChI=1S/C46H30N2.C17H12N.Ir/c1-4-15-33(16-5-1)43-30-46(35-19-8-3-9-20-35)48-32-44(43)42-26-13-12-24-40(42)37-22-14-21-36(29-37)39-23-10-11-25-41(39)38-27-28-45(47-31-38)34-17-6-2-7-18-34;1-3-7-14(8-4-1)16-11-12-17(18-13-16)15-9-5-2-6-10-15;/h1-17,19,21-32H;1-9,11-13H;/q-2;-1;+3. The maximum Gasteiger partial charge on any atom is 3.00 e. The molecule has 0 amide bonds. The average Bonchev–Trinajstić information content (AvgIpc) is 3.42. The van der Waals surface area contributed by atoms with Gasteiger partial charge in [0.15, 0.2) is 0 Å². The first-order valence-electron chi connectivity index (χ1n) is 22.0. The zero-order valence-corrected chi connectivity index (χ0v) is 38.8. The molecule has 0 fully saturated rings. The van der Waals surface area contributed by atoms with E-state index in [0.29, 0.717) is 0 Å². The number of hydrogen-bond acceptors (Lipinski definition) is 3. The molecule has 4 heteroatoms. The van der Waals surface area contributed by atoms with Crippen LogP contribution in [0.15, 0.2) is 255 Å². The Morgan fingerprint density at radius 2 is 0.657 bits per heavy atom. The van der Waals surface area contributed by atoms with Gasteiger partial charge in [-0.3, -0.25) is 0 Å². The van der Waals surface area contributed by atoms with Crippen LogP contribution in [0, 0.1) is 18.2 Å². The van der Waals surface area contributed by atoms with Crippen molar-refractivity contribution in [3.8, 4) is 101 Å². The molecular formula is C63H42IrN3. The summed E-state index contributed by atoms with van der Waals surface area (Å²) >= 11 is 0. The minimum Gasteiger partial charge on any atom is -0.304 e. The van der Waals surface area contributed by atoms with Crippen LogP contribution in [0.3, 0.4) is 0 Å². The van der Waals surface area contributed by atoms with E-state index in [2.05, 4.69) is 169 Å². The van der Waals surface area contributed by atoms with Crippen LogP contribution in [0.1, 0.15) is 0 Å². The second kappa shape index (κ2) is 21.2. The Balaban J connectivity index is 0.000000248. The van der Waals surface area contributed by atoms with Gasteiger partial charge in [-0.15, -0.1) is 108 Å². The molecule has 3 aromatic heterocycles. The van der Waals surface area contributed by atoms with E-state index in [1.807, 2.05) is 110 Å². The molecule has 8 aromatic carbocycles. The Labute approximate surface area is 406 Å². The molecule has 0 N–H and O–H groups in total. The van der Waals surface area contributed by atoms with Gasteiger partial charge in [0.25, 0.3) is 0 Å². The SMILES string of the molecule is [Ir+3].[c-]1ccccc1-c1ccc(-c2ccccc2)cn1.[c-]1ccccc1-c1ccc(-c2ccccc2-c2cccc(-c3ccccc3-c3cnc(-c4[c-]cccc4)cc3-c3ccccc3)c2)cn1. The molecule has 67 heavy (non-hydrogen) atoms. The fraction of sp³-hybridized carbons (Fsp3) is 0. The summed E-state index contributed by atoms with van der Waals surface area (Å²) in [7, 11) is 0. The number of hydrogen-bond donors (Lipinski definition) is 0. The monoisotopic (exact) mass is 1030 g/mol. The first-order chi connectivity index (χ1) is 32.7. The second-order valence-corrected chi connectivity index (χ2v) is 15.7. The van der Waals surface area contributed by atoms with Crippen molar-refractivity contribution < 1.29 is 20.1 Å². The van der Waals surface area contributed by atoms with Gasteiger partial charge in [0.05, 0.1) is 0 Å². The van der Waals surface area contributed by atoms with Crippen molar-refractivity contribution >= 4 is 0 Å². The van der Waals surface area contributed by atoms with E-state index >= 15 is 0 Å². The normalized spacial score (nSPS) is 10.6. The fourth-order valence-corrected chi connectivity index (χ4v) is 8.21. The Morgan fingerprint density at radius 3 is 1.16 bits per heavy atom. The number of benzene rings is 8. The number of pyridine rings is 3. The molecule has 0 radical (unpaired) electrons. The topological polar surface area (TPSA) is 38.7 Å². The fourth-order valence-electron chi connectivity index (χ4n) is 8.21. The third kappa shape index (κ3) is 10.2. The van der Waals surface area contributed by atoms with Gasteiger partial charge in [-0.2, -0.15) is 0 Å². The molecule has 0 saturated heterocycles. The van der Waals surface area contributed by atoms with E-state index in [9.17, 15) is 0 Å². The van der Waals surface area contributed by atoms with Crippen molar-refractivity contribution in [1.29, 1.82) is 0 Å². The van der Waals surface area contributed by atoms with Crippen LogP contribution in [0.2, 0.25) is 0 Å². The molecule has 318 valence electrons. The van der Waals surface area contributed by atoms with E-state index in [1.165, 1.54) is 5.56 Å². The number of aromatic nitrogens is 3. The van der Waals surface area contributed by atoms with Gasteiger partial charge in [-0.1, -0.05) is 158 Å². The Morgan fingerprint density at radius 1 is 0.239 bits per heavy atom. The number of nitrogens with zero attached hydrogens (tertiary/aromatic N) is 3. The number of rotatable bonds is 9. The molecule has 0 bridgehead atoms. The van der Waals surface area contributed by atoms with Gasteiger partial charge in [0.1, 0.15) is 0 Å². The summed E-state index contributed by atoms with van der Waals surface area (Å²) in [4.78, 5) is 14.2. The van der Waals surface area contributed by atoms with Crippen molar-refractivity contribution in [2.24, 2.45) is 0 Å². The van der Waals surface area contributed by atoms with Crippen molar-refractivity contribution in [3.63, 3.8) is 0 Å².